The van der Waals surface area contributed by atoms with Crippen molar-refractivity contribution in [3.8, 4) is 21.9 Å². The first kappa shape index (κ1) is 20.7. The molecule has 0 unspecified atom stereocenters. The van der Waals surface area contributed by atoms with Crippen LogP contribution >= 0.6 is 34.5 Å². The zero-order chi connectivity index (χ0) is 22.2. The van der Waals surface area contributed by atoms with Gasteiger partial charge in [-0.3, -0.25) is 4.79 Å². The van der Waals surface area contributed by atoms with E-state index < -0.39 is 0 Å². The standard InChI is InChI=1S/C22H15Cl2N5O2S/c1-2-19-26-27-22-29(19)28-21(32-22)12-3-6-14(7-4-12)25-20(30)18-10-9-17(31-18)15-8-5-13(23)11-16(15)24/h3-11H,2H2,1H3,(H,25,30). The van der Waals surface area contributed by atoms with Gasteiger partial charge in [0.05, 0.1) is 5.02 Å². The fraction of sp³-hybridized carbons (Fsp3) is 0.0909. The van der Waals surface area contributed by atoms with Crippen LogP contribution < -0.4 is 5.32 Å². The lowest BCUT2D eigenvalue weighted by atomic mass is 10.2. The molecule has 3 aromatic heterocycles. The first-order valence-electron chi connectivity index (χ1n) is 9.70. The molecule has 3 heterocycles. The van der Waals surface area contributed by atoms with Gasteiger partial charge in [0.15, 0.2) is 11.6 Å². The van der Waals surface area contributed by atoms with Crippen molar-refractivity contribution in [3.63, 3.8) is 0 Å². The van der Waals surface area contributed by atoms with Crippen LogP contribution in [0.4, 0.5) is 5.69 Å². The van der Waals surface area contributed by atoms with Gasteiger partial charge in [0.25, 0.3) is 5.91 Å². The fourth-order valence-corrected chi connectivity index (χ4v) is 4.54. The van der Waals surface area contributed by atoms with Crippen LogP contribution in [0.3, 0.4) is 0 Å². The Balaban J connectivity index is 1.31. The van der Waals surface area contributed by atoms with E-state index in [1.54, 1.807) is 34.8 Å². The summed E-state index contributed by atoms with van der Waals surface area (Å²) < 4.78 is 7.46. The topological polar surface area (TPSA) is 85.3 Å². The number of halogens is 2. The van der Waals surface area contributed by atoms with E-state index >= 15 is 0 Å². The molecule has 10 heteroatoms. The van der Waals surface area contributed by atoms with Crippen molar-refractivity contribution in [2.75, 3.05) is 5.32 Å². The quantitative estimate of drug-likeness (QED) is 0.320. The molecule has 160 valence electrons. The minimum absolute atomic E-state index is 0.177. The van der Waals surface area contributed by atoms with Crippen molar-refractivity contribution in [1.29, 1.82) is 0 Å². The summed E-state index contributed by atoms with van der Waals surface area (Å²) in [6.45, 7) is 2.01. The normalized spacial score (nSPS) is 11.2. The highest BCUT2D eigenvalue weighted by atomic mass is 35.5. The number of carbonyl (C=O) groups is 1. The Kier molecular flexibility index (Phi) is 5.42. The minimum Gasteiger partial charge on any atom is -0.451 e. The summed E-state index contributed by atoms with van der Waals surface area (Å²) in [7, 11) is 0. The molecular formula is C22H15Cl2N5O2S. The second kappa shape index (κ2) is 8.38. The van der Waals surface area contributed by atoms with E-state index in [0.717, 1.165) is 27.8 Å². The van der Waals surface area contributed by atoms with Crippen molar-refractivity contribution in [1.82, 2.24) is 19.8 Å². The highest BCUT2D eigenvalue weighted by Gasteiger charge is 2.15. The van der Waals surface area contributed by atoms with Gasteiger partial charge < -0.3 is 9.73 Å². The lowest BCUT2D eigenvalue weighted by molar-refractivity contribution is 0.0997. The molecule has 0 atom stereocenters. The lowest BCUT2D eigenvalue weighted by Crippen LogP contribution is -2.10. The maximum Gasteiger partial charge on any atom is 0.291 e. The van der Waals surface area contributed by atoms with Crippen LogP contribution in [-0.2, 0) is 6.42 Å². The summed E-state index contributed by atoms with van der Waals surface area (Å²) in [6, 6.07) is 15.8. The zero-order valence-electron chi connectivity index (χ0n) is 16.7. The van der Waals surface area contributed by atoms with Crippen molar-refractivity contribution >= 4 is 51.1 Å². The number of aromatic nitrogens is 4. The van der Waals surface area contributed by atoms with Crippen LogP contribution in [0.15, 0.2) is 59.0 Å². The number of hydrogen-bond donors (Lipinski definition) is 1. The van der Waals surface area contributed by atoms with E-state index in [1.165, 1.54) is 11.3 Å². The van der Waals surface area contributed by atoms with Crippen LogP contribution in [0.2, 0.25) is 10.0 Å². The lowest BCUT2D eigenvalue weighted by Gasteiger charge is -2.04. The SMILES string of the molecule is CCc1nnc2sc(-c3ccc(NC(=O)c4ccc(-c5ccc(Cl)cc5Cl)o4)cc3)nn12. The van der Waals surface area contributed by atoms with Gasteiger partial charge >= 0.3 is 0 Å². The summed E-state index contributed by atoms with van der Waals surface area (Å²) in [5.41, 5.74) is 2.23. The Bertz CT molecular complexity index is 1440. The third-order valence-corrected chi connectivity index (χ3v) is 6.28. The smallest absolute Gasteiger partial charge is 0.291 e. The van der Waals surface area contributed by atoms with E-state index in [4.69, 9.17) is 27.6 Å². The van der Waals surface area contributed by atoms with Gasteiger partial charge in [-0.25, -0.2) is 0 Å². The highest BCUT2D eigenvalue weighted by molar-refractivity contribution is 7.19. The Hall–Kier alpha value is -3.20. The molecule has 0 fully saturated rings. The number of rotatable bonds is 5. The first-order valence-corrected chi connectivity index (χ1v) is 11.3. The maximum absolute atomic E-state index is 12.6. The molecule has 5 rings (SSSR count). The van der Waals surface area contributed by atoms with Gasteiger partial charge in [0.2, 0.25) is 4.96 Å². The Morgan fingerprint density at radius 2 is 1.91 bits per heavy atom. The van der Waals surface area contributed by atoms with Crippen molar-refractivity contribution in [2.45, 2.75) is 13.3 Å². The van der Waals surface area contributed by atoms with E-state index in [2.05, 4.69) is 20.6 Å². The second-order valence-corrected chi connectivity index (χ2v) is 8.69. The van der Waals surface area contributed by atoms with Gasteiger partial charge in [0.1, 0.15) is 10.8 Å². The minimum atomic E-state index is -0.361. The molecule has 1 amide bonds. The summed E-state index contributed by atoms with van der Waals surface area (Å²) in [6.07, 6.45) is 0.758. The molecule has 0 spiro atoms. The number of nitrogens with zero attached hydrogens (tertiary/aromatic N) is 4. The molecular weight excluding hydrogens is 469 g/mol. The van der Waals surface area contributed by atoms with Crippen LogP contribution in [0.5, 0.6) is 0 Å². The molecule has 0 saturated heterocycles. The maximum atomic E-state index is 12.6. The molecule has 5 aromatic rings. The predicted molar refractivity (Wildman–Crippen MR) is 126 cm³/mol. The van der Waals surface area contributed by atoms with Crippen LogP contribution in [0.1, 0.15) is 23.3 Å². The van der Waals surface area contributed by atoms with Gasteiger partial charge in [-0.2, -0.15) is 9.61 Å². The average molecular weight is 484 g/mol. The molecule has 1 N–H and O–H groups in total. The third-order valence-electron chi connectivity index (χ3n) is 4.79. The molecule has 0 aliphatic carbocycles. The summed E-state index contributed by atoms with van der Waals surface area (Å²) in [4.78, 5) is 13.4. The number of aryl methyl sites for hydroxylation is 1. The zero-order valence-corrected chi connectivity index (χ0v) is 19.0. The molecule has 0 aliphatic heterocycles. The van der Waals surface area contributed by atoms with E-state index in [0.29, 0.717) is 27.1 Å². The van der Waals surface area contributed by atoms with Gasteiger partial charge in [0, 0.05) is 28.3 Å². The molecule has 32 heavy (non-hydrogen) atoms. The van der Waals surface area contributed by atoms with Crippen molar-refractivity contribution in [3.05, 3.63) is 76.2 Å². The fourth-order valence-electron chi connectivity index (χ4n) is 3.18. The highest BCUT2D eigenvalue weighted by Crippen LogP contribution is 2.32. The van der Waals surface area contributed by atoms with Gasteiger partial charge in [-0.1, -0.05) is 41.5 Å². The van der Waals surface area contributed by atoms with Gasteiger partial charge in [-0.15, -0.1) is 10.2 Å². The summed E-state index contributed by atoms with van der Waals surface area (Å²) in [5.74, 6) is 1.13. The Morgan fingerprint density at radius 1 is 1.09 bits per heavy atom. The number of carbonyl (C=O) groups excluding carboxylic acids is 1. The van der Waals surface area contributed by atoms with Crippen molar-refractivity contribution in [2.24, 2.45) is 0 Å². The Morgan fingerprint density at radius 3 is 2.66 bits per heavy atom. The van der Waals surface area contributed by atoms with E-state index in [-0.39, 0.29) is 11.7 Å². The Labute approximate surface area is 196 Å². The number of furan rings is 1. The molecule has 2 aromatic carbocycles. The largest absolute Gasteiger partial charge is 0.451 e. The monoisotopic (exact) mass is 483 g/mol. The number of amides is 1. The van der Waals surface area contributed by atoms with Crippen LogP contribution in [-0.4, -0.2) is 25.7 Å². The number of hydrogen-bond acceptors (Lipinski definition) is 6. The van der Waals surface area contributed by atoms with Crippen LogP contribution in [0.25, 0.3) is 26.9 Å². The van der Waals surface area contributed by atoms with E-state index in [9.17, 15) is 4.79 Å². The molecule has 0 bridgehead atoms. The predicted octanol–water partition coefficient (Wildman–Crippen LogP) is 6.23. The molecule has 7 nitrogen and oxygen atoms in total. The number of anilines is 1. The van der Waals surface area contributed by atoms with E-state index in [1.807, 2.05) is 31.2 Å². The molecule has 0 aliphatic rings. The summed E-state index contributed by atoms with van der Waals surface area (Å²) in [5, 5.41) is 17.5. The van der Waals surface area contributed by atoms with Crippen molar-refractivity contribution < 1.29 is 9.21 Å². The summed E-state index contributed by atoms with van der Waals surface area (Å²) >= 11 is 13.6. The third kappa shape index (κ3) is 3.88. The molecule has 0 radical (unpaired) electrons. The second-order valence-electron chi connectivity index (χ2n) is 6.89. The number of benzene rings is 2. The average Bonchev–Trinajstić information content (AvgIpc) is 3.50. The number of fused-ring (bicyclic) bond motifs is 1. The van der Waals surface area contributed by atoms with Crippen LogP contribution in [0, 0.1) is 0 Å². The number of nitrogens with one attached hydrogen (secondary N) is 1. The first-order chi connectivity index (χ1) is 15.5. The van der Waals surface area contributed by atoms with Gasteiger partial charge in [-0.05, 0) is 54.6 Å². The molecule has 0 saturated carbocycles.